The maximum Gasteiger partial charge on any atom is 0.252 e. The molecule has 1 fully saturated rings. The number of ether oxygens (including phenoxy) is 1. The van der Waals surface area contributed by atoms with Crippen LogP contribution >= 0.6 is 0 Å². The van der Waals surface area contributed by atoms with Crippen LogP contribution in [0.3, 0.4) is 0 Å². The first-order valence-corrected chi connectivity index (χ1v) is 6.93. The largest absolute Gasteiger partial charge is 0.394 e. The monoisotopic (exact) mass is 306 g/mol. The number of aliphatic hydroxyl groups excluding tert-OH is 2. The molecule has 0 amide bonds. The van der Waals surface area contributed by atoms with Gasteiger partial charge < -0.3 is 19.8 Å². The second-order valence-corrected chi connectivity index (χ2v) is 5.35. The number of hydrogen-bond donors (Lipinski definition) is 2. The fraction of sp³-hybridized carbons (Fsp3) is 0.538. The summed E-state index contributed by atoms with van der Waals surface area (Å²) in [5.41, 5.74) is 1.20. The van der Waals surface area contributed by atoms with E-state index in [1.165, 1.54) is 0 Å². The second kappa shape index (κ2) is 5.95. The SMILES string of the molecule is CN(C)C=Nc1ncc2ncn(C3CC(O)C(CO)O3)c2n1. The third-order valence-corrected chi connectivity index (χ3v) is 3.40. The first-order chi connectivity index (χ1) is 10.6. The normalized spacial score (nSPS) is 25.4. The molecule has 0 spiro atoms. The van der Waals surface area contributed by atoms with E-state index in [2.05, 4.69) is 19.9 Å². The van der Waals surface area contributed by atoms with E-state index in [4.69, 9.17) is 4.74 Å². The van der Waals surface area contributed by atoms with Gasteiger partial charge in [0.15, 0.2) is 5.65 Å². The lowest BCUT2D eigenvalue weighted by molar-refractivity contribution is -0.0432. The predicted octanol–water partition coefficient (Wildman–Crippen LogP) is -0.312. The van der Waals surface area contributed by atoms with Gasteiger partial charge in [0.05, 0.1) is 31.6 Å². The highest BCUT2D eigenvalue weighted by atomic mass is 16.5. The third kappa shape index (κ3) is 2.78. The van der Waals surface area contributed by atoms with Gasteiger partial charge in [-0.2, -0.15) is 4.98 Å². The summed E-state index contributed by atoms with van der Waals surface area (Å²) in [6.07, 6.45) is 3.46. The van der Waals surface area contributed by atoms with Gasteiger partial charge in [0, 0.05) is 20.5 Å². The lowest BCUT2D eigenvalue weighted by Crippen LogP contribution is -2.24. The summed E-state index contributed by atoms with van der Waals surface area (Å²) < 4.78 is 7.36. The van der Waals surface area contributed by atoms with Gasteiger partial charge in [-0.05, 0) is 0 Å². The van der Waals surface area contributed by atoms with Crippen molar-refractivity contribution >= 4 is 23.5 Å². The Hall–Kier alpha value is -2.10. The zero-order chi connectivity index (χ0) is 15.7. The molecule has 1 aliphatic heterocycles. The standard InChI is InChI=1S/C13H18N6O3/c1-18(2)6-16-13-14-4-8-12(17-13)19(7-15-8)11-3-9(21)10(5-20)22-11/h4,6-7,9-11,20-21H,3,5H2,1-2H3. The van der Waals surface area contributed by atoms with E-state index in [0.717, 1.165) is 0 Å². The van der Waals surface area contributed by atoms with Gasteiger partial charge >= 0.3 is 0 Å². The van der Waals surface area contributed by atoms with E-state index in [1.807, 2.05) is 14.1 Å². The molecule has 0 radical (unpaired) electrons. The Morgan fingerprint density at radius 2 is 2.32 bits per heavy atom. The van der Waals surface area contributed by atoms with Crippen LogP contribution in [0.1, 0.15) is 12.6 Å². The molecular formula is C13H18N6O3. The Labute approximate surface area is 126 Å². The number of aliphatic hydroxyl groups is 2. The topological polar surface area (TPSA) is 109 Å². The Balaban J connectivity index is 1.92. The maximum absolute atomic E-state index is 9.85. The molecule has 2 aromatic heterocycles. The van der Waals surface area contributed by atoms with Gasteiger partial charge in [0.1, 0.15) is 17.8 Å². The fourth-order valence-electron chi connectivity index (χ4n) is 2.31. The van der Waals surface area contributed by atoms with Crippen molar-refractivity contribution in [1.29, 1.82) is 0 Å². The van der Waals surface area contributed by atoms with Crippen molar-refractivity contribution in [3.05, 3.63) is 12.5 Å². The van der Waals surface area contributed by atoms with E-state index in [9.17, 15) is 10.2 Å². The summed E-state index contributed by atoms with van der Waals surface area (Å²) >= 11 is 0. The van der Waals surface area contributed by atoms with Crippen LogP contribution in [0.2, 0.25) is 0 Å². The van der Waals surface area contributed by atoms with Crippen molar-refractivity contribution in [3.63, 3.8) is 0 Å². The second-order valence-electron chi connectivity index (χ2n) is 5.35. The number of imidazole rings is 1. The van der Waals surface area contributed by atoms with Gasteiger partial charge in [-0.25, -0.2) is 15.0 Å². The minimum absolute atomic E-state index is 0.225. The van der Waals surface area contributed by atoms with Crippen LogP contribution in [0.15, 0.2) is 17.5 Å². The Kier molecular flexibility index (Phi) is 4.01. The molecule has 0 aliphatic carbocycles. The zero-order valence-electron chi connectivity index (χ0n) is 12.4. The molecule has 0 saturated carbocycles. The number of aromatic nitrogens is 4. The molecule has 3 atom stereocenters. The molecule has 0 bridgehead atoms. The molecule has 1 aliphatic rings. The Bertz CT molecular complexity index is 685. The van der Waals surface area contributed by atoms with Crippen molar-refractivity contribution in [1.82, 2.24) is 24.4 Å². The van der Waals surface area contributed by atoms with E-state index in [-0.39, 0.29) is 6.61 Å². The highest BCUT2D eigenvalue weighted by molar-refractivity contribution is 5.71. The molecule has 0 aromatic carbocycles. The van der Waals surface area contributed by atoms with Crippen LogP contribution in [-0.2, 0) is 4.74 Å². The lowest BCUT2D eigenvalue weighted by Gasteiger charge is -2.13. The van der Waals surface area contributed by atoms with E-state index >= 15 is 0 Å². The van der Waals surface area contributed by atoms with Crippen LogP contribution in [0.4, 0.5) is 5.95 Å². The zero-order valence-corrected chi connectivity index (χ0v) is 12.4. The van der Waals surface area contributed by atoms with E-state index in [1.54, 1.807) is 28.3 Å². The van der Waals surface area contributed by atoms with Gasteiger partial charge in [-0.15, -0.1) is 0 Å². The van der Waals surface area contributed by atoms with Gasteiger partial charge in [0.25, 0.3) is 5.95 Å². The molecule has 3 rings (SSSR count). The van der Waals surface area contributed by atoms with Crippen molar-refractivity contribution in [2.75, 3.05) is 20.7 Å². The number of fused-ring (bicyclic) bond motifs is 1. The van der Waals surface area contributed by atoms with E-state index < -0.39 is 18.4 Å². The van der Waals surface area contributed by atoms with Crippen LogP contribution in [0.25, 0.3) is 11.2 Å². The molecule has 3 heterocycles. The summed E-state index contributed by atoms with van der Waals surface area (Å²) in [5.74, 6) is 0.320. The Morgan fingerprint density at radius 3 is 3.00 bits per heavy atom. The molecule has 9 heteroatoms. The minimum Gasteiger partial charge on any atom is -0.394 e. The highest BCUT2D eigenvalue weighted by Gasteiger charge is 2.35. The molecule has 2 N–H and O–H groups in total. The summed E-state index contributed by atoms with van der Waals surface area (Å²) in [6.45, 7) is -0.225. The molecule has 9 nitrogen and oxygen atoms in total. The van der Waals surface area contributed by atoms with Gasteiger partial charge in [-0.3, -0.25) is 4.57 Å². The van der Waals surface area contributed by atoms with E-state index in [0.29, 0.717) is 23.5 Å². The summed E-state index contributed by atoms with van der Waals surface area (Å²) in [5, 5.41) is 19.0. The van der Waals surface area contributed by atoms with Crippen molar-refractivity contribution in [2.45, 2.75) is 24.9 Å². The quantitative estimate of drug-likeness (QED) is 0.589. The molecule has 118 valence electrons. The van der Waals surface area contributed by atoms with Crippen LogP contribution in [-0.4, -0.2) is 73.9 Å². The number of rotatable bonds is 4. The van der Waals surface area contributed by atoms with Crippen molar-refractivity contribution < 1.29 is 14.9 Å². The molecule has 3 unspecified atom stereocenters. The van der Waals surface area contributed by atoms with Crippen LogP contribution in [0, 0.1) is 0 Å². The molecule has 22 heavy (non-hydrogen) atoms. The summed E-state index contributed by atoms with van der Waals surface area (Å²) in [7, 11) is 3.71. The molecular weight excluding hydrogens is 288 g/mol. The average Bonchev–Trinajstić information content (AvgIpc) is 3.07. The summed E-state index contributed by atoms with van der Waals surface area (Å²) in [6, 6.07) is 0. The van der Waals surface area contributed by atoms with Gasteiger partial charge in [0.2, 0.25) is 0 Å². The minimum atomic E-state index is -0.708. The number of aliphatic imine (C=N–C) groups is 1. The van der Waals surface area contributed by atoms with Crippen molar-refractivity contribution in [2.24, 2.45) is 4.99 Å². The lowest BCUT2D eigenvalue weighted by atomic mass is 10.2. The molecule has 2 aromatic rings. The first-order valence-electron chi connectivity index (χ1n) is 6.93. The maximum atomic E-state index is 9.85. The smallest absolute Gasteiger partial charge is 0.252 e. The first kappa shape index (κ1) is 14.8. The molecule has 1 saturated heterocycles. The summed E-state index contributed by atoms with van der Waals surface area (Å²) in [4.78, 5) is 18.7. The number of nitrogens with zero attached hydrogens (tertiary/aromatic N) is 6. The average molecular weight is 306 g/mol. The van der Waals surface area contributed by atoms with Crippen molar-refractivity contribution in [3.8, 4) is 0 Å². The highest BCUT2D eigenvalue weighted by Crippen LogP contribution is 2.30. The predicted molar refractivity (Wildman–Crippen MR) is 78.8 cm³/mol. The third-order valence-electron chi connectivity index (χ3n) is 3.40. The van der Waals surface area contributed by atoms with Crippen LogP contribution in [0.5, 0.6) is 0 Å². The number of hydrogen-bond acceptors (Lipinski definition) is 7. The Morgan fingerprint density at radius 1 is 1.50 bits per heavy atom. The van der Waals surface area contributed by atoms with Gasteiger partial charge in [-0.1, -0.05) is 0 Å². The fourth-order valence-corrected chi connectivity index (χ4v) is 2.31. The van der Waals surface area contributed by atoms with Crippen LogP contribution < -0.4 is 0 Å².